The zero-order valence-electron chi connectivity index (χ0n) is 16.6. The summed E-state index contributed by atoms with van der Waals surface area (Å²) in [7, 11) is 0. The van der Waals surface area contributed by atoms with Crippen molar-refractivity contribution in [3.63, 3.8) is 0 Å². The van der Waals surface area contributed by atoms with Crippen molar-refractivity contribution in [3.05, 3.63) is 57.8 Å². The molecule has 0 bridgehead atoms. The summed E-state index contributed by atoms with van der Waals surface area (Å²) in [5.41, 5.74) is 2.05. The molecule has 1 aliphatic carbocycles. The minimum Gasteiger partial charge on any atom is -0.376 e. The van der Waals surface area contributed by atoms with Crippen LogP contribution in [0.15, 0.2) is 36.4 Å². The van der Waals surface area contributed by atoms with Crippen molar-refractivity contribution in [1.29, 1.82) is 0 Å². The number of benzene rings is 1. The highest BCUT2D eigenvalue weighted by Gasteiger charge is 2.47. The van der Waals surface area contributed by atoms with Crippen LogP contribution >= 0.6 is 0 Å². The van der Waals surface area contributed by atoms with Crippen LogP contribution in [0, 0.1) is 15.5 Å². The summed E-state index contributed by atoms with van der Waals surface area (Å²) in [6.07, 6.45) is 2.92. The van der Waals surface area contributed by atoms with Crippen molar-refractivity contribution >= 4 is 5.82 Å². The summed E-state index contributed by atoms with van der Waals surface area (Å²) >= 11 is 0. The summed E-state index contributed by atoms with van der Waals surface area (Å²) in [5, 5.41) is 15.5. The van der Waals surface area contributed by atoms with Gasteiger partial charge in [-0.1, -0.05) is 58.0 Å². The van der Waals surface area contributed by atoms with E-state index < -0.39 is 4.92 Å². The maximum absolute atomic E-state index is 11.2. The number of nitrogens with zero attached hydrogens (tertiary/aromatic N) is 3. The van der Waals surface area contributed by atoms with Gasteiger partial charge in [0.15, 0.2) is 0 Å². The van der Waals surface area contributed by atoms with E-state index in [0.717, 1.165) is 25.0 Å². The van der Waals surface area contributed by atoms with E-state index in [1.807, 2.05) is 22.9 Å². The Bertz CT molecular complexity index is 787. The number of aromatic nitrogens is 2. The topological polar surface area (TPSA) is 70.2 Å². The molecule has 27 heavy (non-hydrogen) atoms. The van der Waals surface area contributed by atoms with Crippen LogP contribution in [0.1, 0.15) is 64.3 Å². The van der Waals surface area contributed by atoms with E-state index in [2.05, 4.69) is 44.9 Å². The average molecular weight is 371 g/mol. The Morgan fingerprint density at radius 2 is 1.96 bits per heavy atom. The molecular weight excluding hydrogens is 342 g/mol. The Balaban J connectivity index is 1.67. The van der Waals surface area contributed by atoms with E-state index in [-0.39, 0.29) is 22.7 Å². The third-order valence-corrected chi connectivity index (χ3v) is 5.63. The highest BCUT2D eigenvalue weighted by molar-refractivity contribution is 5.28. The van der Waals surface area contributed by atoms with Crippen molar-refractivity contribution in [2.75, 3.05) is 6.61 Å². The molecule has 3 rings (SSSR count). The lowest BCUT2D eigenvalue weighted by molar-refractivity contribution is -0.389. The van der Waals surface area contributed by atoms with Crippen molar-refractivity contribution in [3.8, 4) is 0 Å². The Kier molecular flexibility index (Phi) is 5.38. The molecule has 0 unspecified atom stereocenters. The molecule has 146 valence electrons. The minimum atomic E-state index is -0.402. The van der Waals surface area contributed by atoms with Crippen LogP contribution < -0.4 is 0 Å². The van der Waals surface area contributed by atoms with E-state index in [1.165, 1.54) is 5.56 Å². The zero-order valence-corrected chi connectivity index (χ0v) is 16.6. The normalized spacial score (nSPS) is 22.4. The summed E-state index contributed by atoms with van der Waals surface area (Å²) in [6, 6.07) is 12.0. The summed E-state index contributed by atoms with van der Waals surface area (Å²) < 4.78 is 7.90. The van der Waals surface area contributed by atoms with Crippen LogP contribution in [-0.2, 0) is 16.8 Å². The lowest BCUT2D eigenvalue weighted by atomic mass is 9.64. The van der Waals surface area contributed by atoms with E-state index >= 15 is 0 Å². The fourth-order valence-electron chi connectivity index (χ4n) is 3.89. The second-order valence-corrected chi connectivity index (χ2v) is 8.73. The second kappa shape index (κ2) is 7.43. The van der Waals surface area contributed by atoms with Crippen LogP contribution in [0.4, 0.5) is 5.82 Å². The van der Waals surface area contributed by atoms with Gasteiger partial charge in [-0.3, -0.25) is 0 Å². The molecule has 0 N–H and O–H groups in total. The Morgan fingerprint density at radius 3 is 2.52 bits per heavy atom. The van der Waals surface area contributed by atoms with Gasteiger partial charge in [0.2, 0.25) is 0 Å². The maximum atomic E-state index is 11.2. The Labute approximate surface area is 160 Å². The first-order valence-corrected chi connectivity index (χ1v) is 9.60. The molecule has 1 aliphatic rings. The standard InChI is InChI=1S/C21H29N3O3/c1-5-21(15-27-14-16-9-7-6-8-10-16)12-17(13-21)23-18(20(2,3)4)11-19(22-23)24(25)26/h6-11,17H,5,12-15H2,1-4H3. The van der Waals surface area contributed by atoms with Crippen molar-refractivity contribution in [1.82, 2.24) is 9.78 Å². The Hall–Kier alpha value is -2.21. The summed E-state index contributed by atoms with van der Waals surface area (Å²) in [4.78, 5) is 10.8. The van der Waals surface area contributed by atoms with Gasteiger partial charge in [-0.05, 0) is 35.2 Å². The van der Waals surface area contributed by atoms with Crippen LogP contribution in [0.5, 0.6) is 0 Å². The zero-order chi connectivity index (χ0) is 19.7. The van der Waals surface area contributed by atoms with E-state index in [4.69, 9.17) is 4.74 Å². The number of hydrogen-bond donors (Lipinski definition) is 0. The summed E-state index contributed by atoms with van der Waals surface area (Å²) in [6.45, 7) is 9.73. The molecule has 1 saturated carbocycles. The molecule has 0 spiro atoms. The number of nitro groups is 1. The van der Waals surface area contributed by atoms with Crippen molar-refractivity contribution < 1.29 is 9.66 Å². The van der Waals surface area contributed by atoms with Crippen LogP contribution in [0.2, 0.25) is 0 Å². The van der Waals surface area contributed by atoms with Gasteiger partial charge in [-0.15, -0.1) is 0 Å². The van der Waals surface area contributed by atoms with E-state index in [0.29, 0.717) is 13.2 Å². The third-order valence-electron chi connectivity index (χ3n) is 5.63. The summed E-state index contributed by atoms with van der Waals surface area (Å²) in [5.74, 6) is -0.0609. The second-order valence-electron chi connectivity index (χ2n) is 8.73. The molecule has 1 heterocycles. The molecule has 1 aromatic heterocycles. The molecule has 6 nitrogen and oxygen atoms in total. The molecule has 0 aliphatic heterocycles. The van der Waals surface area contributed by atoms with Gasteiger partial charge in [0.25, 0.3) is 0 Å². The molecule has 0 amide bonds. The number of ether oxygens (including phenoxy) is 1. The fraction of sp³-hybridized carbons (Fsp3) is 0.571. The molecule has 6 heteroatoms. The van der Waals surface area contributed by atoms with Crippen molar-refractivity contribution in [2.24, 2.45) is 5.41 Å². The van der Waals surface area contributed by atoms with Gasteiger partial charge in [0.1, 0.15) is 0 Å². The molecular formula is C21H29N3O3. The van der Waals surface area contributed by atoms with Gasteiger partial charge in [0, 0.05) is 5.41 Å². The van der Waals surface area contributed by atoms with Gasteiger partial charge >= 0.3 is 5.82 Å². The van der Waals surface area contributed by atoms with Gasteiger partial charge in [0.05, 0.1) is 36.1 Å². The smallest absolute Gasteiger partial charge is 0.376 e. The lowest BCUT2D eigenvalue weighted by Gasteiger charge is -2.46. The number of hydrogen-bond acceptors (Lipinski definition) is 4. The number of rotatable bonds is 7. The Morgan fingerprint density at radius 1 is 1.30 bits per heavy atom. The van der Waals surface area contributed by atoms with Gasteiger partial charge < -0.3 is 14.9 Å². The average Bonchev–Trinajstić information content (AvgIpc) is 3.03. The van der Waals surface area contributed by atoms with E-state index in [1.54, 1.807) is 6.07 Å². The maximum Gasteiger partial charge on any atom is 0.390 e. The first-order valence-electron chi connectivity index (χ1n) is 9.60. The fourth-order valence-corrected chi connectivity index (χ4v) is 3.89. The molecule has 0 atom stereocenters. The van der Waals surface area contributed by atoms with Crippen LogP contribution in [-0.4, -0.2) is 21.3 Å². The van der Waals surface area contributed by atoms with Gasteiger partial charge in [-0.2, -0.15) is 4.68 Å². The van der Waals surface area contributed by atoms with Gasteiger partial charge in [-0.25, -0.2) is 0 Å². The van der Waals surface area contributed by atoms with E-state index in [9.17, 15) is 10.1 Å². The lowest BCUT2D eigenvalue weighted by Crippen LogP contribution is -2.43. The first-order chi connectivity index (χ1) is 12.7. The predicted molar refractivity (Wildman–Crippen MR) is 105 cm³/mol. The molecule has 0 saturated heterocycles. The molecule has 1 aromatic carbocycles. The van der Waals surface area contributed by atoms with Crippen LogP contribution in [0.25, 0.3) is 0 Å². The highest BCUT2D eigenvalue weighted by atomic mass is 16.6. The molecule has 0 radical (unpaired) electrons. The largest absolute Gasteiger partial charge is 0.390 e. The monoisotopic (exact) mass is 371 g/mol. The van der Waals surface area contributed by atoms with Crippen LogP contribution in [0.3, 0.4) is 0 Å². The molecule has 2 aromatic rings. The quantitative estimate of drug-likeness (QED) is 0.505. The molecule has 1 fully saturated rings. The highest BCUT2D eigenvalue weighted by Crippen LogP contribution is 2.52. The first kappa shape index (κ1) is 19.5. The SMILES string of the molecule is CCC1(COCc2ccccc2)CC(n2nc([N+](=O)[O-])cc2C(C)(C)C)C1. The predicted octanol–water partition coefficient (Wildman–Crippen LogP) is 5.04. The van der Waals surface area contributed by atoms with Crippen molar-refractivity contribution in [2.45, 2.75) is 65.0 Å². The third kappa shape index (κ3) is 4.21. The minimum absolute atomic E-state index is 0.0609.